The molecule has 3 heterocycles. The maximum absolute atomic E-state index is 5.48. The molecule has 0 atom stereocenters. The van der Waals surface area contributed by atoms with Crippen LogP contribution in [0.3, 0.4) is 0 Å². The lowest BCUT2D eigenvalue weighted by Crippen LogP contribution is -2.15. The molecule has 63 heavy (non-hydrogen) atoms. The lowest BCUT2D eigenvalue weighted by molar-refractivity contribution is 0.660. The molecule has 3 aromatic heterocycles. The third-order valence-corrected chi connectivity index (χ3v) is 14.5. The van der Waals surface area contributed by atoms with Crippen molar-refractivity contribution >= 4 is 64.1 Å². The van der Waals surface area contributed by atoms with Gasteiger partial charge in [0.25, 0.3) is 0 Å². The van der Waals surface area contributed by atoms with Crippen LogP contribution in [0.25, 0.3) is 115 Å². The Morgan fingerprint density at radius 1 is 0.381 bits per heavy atom. The van der Waals surface area contributed by atoms with Gasteiger partial charge in [0.15, 0.2) is 17.5 Å². The van der Waals surface area contributed by atoms with Crippen molar-refractivity contribution in [2.45, 2.75) is 19.3 Å². The van der Waals surface area contributed by atoms with Crippen LogP contribution in [-0.4, -0.2) is 19.5 Å². The van der Waals surface area contributed by atoms with Gasteiger partial charge in [-0.05, 0) is 69.1 Å². The molecular weight excluding hydrogens is 785 g/mol. The van der Waals surface area contributed by atoms with Gasteiger partial charge in [-0.3, -0.25) is 0 Å². The number of hydrogen-bond donors (Lipinski definition) is 0. The number of rotatable bonds is 5. The van der Waals surface area contributed by atoms with Crippen LogP contribution < -0.4 is 0 Å². The van der Waals surface area contributed by atoms with E-state index in [-0.39, 0.29) is 5.41 Å². The van der Waals surface area contributed by atoms with E-state index < -0.39 is 0 Å². The first-order valence-electron chi connectivity index (χ1n) is 21.5. The molecule has 9 aromatic carbocycles. The lowest BCUT2D eigenvalue weighted by Gasteiger charge is -2.21. The van der Waals surface area contributed by atoms with Crippen LogP contribution in [0, 0.1) is 0 Å². The smallest absolute Gasteiger partial charge is 0.164 e. The van der Waals surface area contributed by atoms with Crippen molar-refractivity contribution in [3.05, 3.63) is 205 Å². The van der Waals surface area contributed by atoms with E-state index in [0.29, 0.717) is 17.5 Å². The second kappa shape index (κ2) is 13.6. The van der Waals surface area contributed by atoms with Crippen LogP contribution in [0.15, 0.2) is 194 Å². The normalized spacial score (nSPS) is 13.0. The zero-order valence-corrected chi connectivity index (χ0v) is 35.5. The van der Waals surface area contributed by atoms with Gasteiger partial charge in [-0.25, -0.2) is 15.0 Å². The highest BCUT2D eigenvalue weighted by Gasteiger charge is 2.35. The van der Waals surface area contributed by atoms with Crippen LogP contribution >= 0.6 is 11.3 Å². The van der Waals surface area contributed by atoms with Crippen LogP contribution in [0.2, 0.25) is 0 Å². The van der Waals surface area contributed by atoms with E-state index in [1.807, 2.05) is 17.4 Å². The zero-order chi connectivity index (χ0) is 41.8. The van der Waals surface area contributed by atoms with Crippen LogP contribution in [0.1, 0.15) is 25.0 Å². The van der Waals surface area contributed by atoms with Crippen molar-refractivity contribution < 1.29 is 0 Å². The molecule has 296 valence electrons. The average molecular weight is 823 g/mol. The second-order valence-corrected chi connectivity index (χ2v) is 18.1. The van der Waals surface area contributed by atoms with Gasteiger partial charge in [0.05, 0.1) is 11.0 Å². The van der Waals surface area contributed by atoms with Gasteiger partial charge in [0.2, 0.25) is 0 Å². The number of hydrogen-bond acceptors (Lipinski definition) is 4. The minimum atomic E-state index is -0.165. The molecule has 5 heteroatoms. The van der Waals surface area contributed by atoms with E-state index in [0.717, 1.165) is 38.8 Å². The second-order valence-electron chi connectivity index (χ2n) is 17.1. The largest absolute Gasteiger partial charge is 0.309 e. The number of benzene rings is 9. The topological polar surface area (TPSA) is 43.6 Å². The highest BCUT2D eigenvalue weighted by atomic mass is 32.1. The molecule has 0 N–H and O–H groups in total. The zero-order valence-electron chi connectivity index (χ0n) is 34.7. The van der Waals surface area contributed by atoms with Crippen molar-refractivity contribution in [1.29, 1.82) is 0 Å². The van der Waals surface area contributed by atoms with Crippen LogP contribution in [0.5, 0.6) is 0 Å². The molecule has 0 bridgehead atoms. The Balaban J connectivity index is 1.15. The van der Waals surface area contributed by atoms with Crippen molar-refractivity contribution in [1.82, 2.24) is 19.5 Å². The Kier molecular flexibility index (Phi) is 7.79. The van der Waals surface area contributed by atoms with E-state index >= 15 is 0 Å². The van der Waals surface area contributed by atoms with E-state index in [1.165, 1.54) is 69.7 Å². The van der Waals surface area contributed by atoms with E-state index in [9.17, 15) is 0 Å². The lowest BCUT2D eigenvalue weighted by atomic mass is 9.82. The number of aromatic nitrogens is 4. The summed E-state index contributed by atoms with van der Waals surface area (Å²) in [6.07, 6.45) is 0. The van der Waals surface area contributed by atoms with Crippen molar-refractivity contribution in [3.63, 3.8) is 0 Å². The molecule has 1 aliphatic rings. The summed E-state index contributed by atoms with van der Waals surface area (Å²) < 4.78 is 4.95. The molecule has 0 saturated heterocycles. The molecule has 0 radical (unpaired) electrons. The van der Waals surface area contributed by atoms with Gasteiger partial charge in [-0.2, -0.15) is 0 Å². The summed E-state index contributed by atoms with van der Waals surface area (Å²) in [6.45, 7) is 4.64. The Morgan fingerprint density at radius 2 is 0.984 bits per heavy atom. The number of thiophene rings is 1. The van der Waals surface area contributed by atoms with Crippen molar-refractivity contribution in [2.75, 3.05) is 0 Å². The number of fused-ring (bicyclic) bond motifs is 12. The van der Waals surface area contributed by atoms with E-state index in [2.05, 4.69) is 206 Å². The molecule has 0 unspecified atom stereocenters. The van der Waals surface area contributed by atoms with Crippen molar-refractivity contribution in [2.24, 2.45) is 0 Å². The van der Waals surface area contributed by atoms with Gasteiger partial charge in [0, 0.05) is 64.1 Å². The minimum absolute atomic E-state index is 0.165. The third kappa shape index (κ3) is 5.36. The minimum Gasteiger partial charge on any atom is -0.309 e. The Morgan fingerprint density at radius 3 is 1.79 bits per heavy atom. The fourth-order valence-electron chi connectivity index (χ4n) is 10.3. The maximum Gasteiger partial charge on any atom is 0.164 e. The summed E-state index contributed by atoms with van der Waals surface area (Å²) in [5.41, 5.74) is 13.7. The molecule has 0 aliphatic heterocycles. The van der Waals surface area contributed by atoms with Gasteiger partial charge in [-0.1, -0.05) is 178 Å². The van der Waals surface area contributed by atoms with Crippen molar-refractivity contribution in [3.8, 4) is 62.1 Å². The predicted octanol–water partition coefficient (Wildman–Crippen LogP) is 15.5. The molecule has 13 rings (SSSR count). The van der Waals surface area contributed by atoms with Crippen LogP contribution in [0.4, 0.5) is 0 Å². The molecule has 1 aliphatic carbocycles. The SMILES string of the molecule is CC1(C)c2ccccc2-c2ccc(-c3nc(-c4ccccc4)nc(-c4cc5c(c6ccccc6n5-c5ccccc5)c5c4ccc4c6cccc(-c7ccccc7)c6sc45)n3)cc21. The summed E-state index contributed by atoms with van der Waals surface area (Å²) in [4.78, 5) is 16.1. The predicted molar refractivity (Wildman–Crippen MR) is 264 cm³/mol. The quantitative estimate of drug-likeness (QED) is 0.174. The van der Waals surface area contributed by atoms with Crippen LogP contribution in [-0.2, 0) is 5.41 Å². The Hall–Kier alpha value is -7.73. The molecule has 0 spiro atoms. The van der Waals surface area contributed by atoms with Gasteiger partial charge < -0.3 is 4.57 Å². The first kappa shape index (κ1) is 36.0. The molecule has 0 amide bonds. The average Bonchev–Trinajstić information content (AvgIpc) is 3.97. The standard InChI is InChI=1S/C58H38N4S/c1-58(2)47-27-14-12-23-40(47)41-30-29-37(33-48(41)58)56-59-55(36-19-8-4-9-20-36)60-57(61-56)46-34-50-51(45-24-13-15-28-49(45)62(50)38-21-10-5-11-22-38)52-42(46)31-32-44-43-26-16-25-39(53(43)63-54(44)52)35-17-6-3-7-18-35/h3-34H,1-2H3. The maximum atomic E-state index is 5.48. The third-order valence-electron chi connectivity index (χ3n) is 13.2. The molecular formula is C58H38N4S. The first-order chi connectivity index (χ1) is 31.0. The molecule has 12 aromatic rings. The molecule has 4 nitrogen and oxygen atoms in total. The molecule has 0 fully saturated rings. The number of para-hydroxylation sites is 2. The fourth-order valence-corrected chi connectivity index (χ4v) is 11.7. The van der Waals surface area contributed by atoms with E-state index in [1.54, 1.807) is 0 Å². The van der Waals surface area contributed by atoms with E-state index in [4.69, 9.17) is 15.0 Å². The Bertz CT molecular complexity index is 3810. The number of nitrogens with zero attached hydrogens (tertiary/aromatic N) is 4. The monoisotopic (exact) mass is 822 g/mol. The highest BCUT2D eigenvalue weighted by Crippen LogP contribution is 2.51. The summed E-state index contributed by atoms with van der Waals surface area (Å²) in [5, 5.41) is 7.28. The summed E-state index contributed by atoms with van der Waals surface area (Å²) in [7, 11) is 0. The fraction of sp³-hybridized carbons (Fsp3) is 0.0517. The van der Waals surface area contributed by atoms with Gasteiger partial charge >= 0.3 is 0 Å². The first-order valence-corrected chi connectivity index (χ1v) is 22.3. The molecule has 0 saturated carbocycles. The summed E-state index contributed by atoms with van der Waals surface area (Å²) in [5.74, 6) is 1.94. The van der Waals surface area contributed by atoms with Gasteiger partial charge in [0.1, 0.15) is 0 Å². The summed E-state index contributed by atoms with van der Waals surface area (Å²) >= 11 is 1.89. The summed E-state index contributed by atoms with van der Waals surface area (Å²) in [6, 6.07) is 69.8. The highest BCUT2D eigenvalue weighted by molar-refractivity contribution is 7.27. The Labute approximate surface area is 368 Å². The van der Waals surface area contributed by atoms with Gasteiger partial charge in [-0.15, -0.1) is 11.3 Å².